The minimum atomic E-state index is 0.347. The fourth-order valence-corrected chi connectivity index (χ4v) is 2.81. The van der Waals surface area contributed by atoms with E-state index in [1.165, 1.54) is 0 Å². The van der Waals surface area contributed by atoms with Crippen molar-refractivity contribution in [1.29, 1.82) is 0 Å². The Hall–Kier alpha value is -0.650. The highest BCUT2D eigenvalue weighted by Gasteiger charge is 2.21. The molecule has 2 aliphatic heterocycles. The summed E-state index contributed by atoms with van der Waals surface area (Å²) < 4.78 is 5.36. The molecule has 0 radical (unpaired) electrons. The van der Waals surface area contributed by atoms with Gasteiger partial charge in [-0.1, -0.05) is 13.3 Å². The first-order valence-electron chi connectivity index (χ1n) is 8.10. The highest BCUT2D eigenvalue weighted by atomic mass is 16.5. The molecule has 2 aliphatic rings. The molecule has 0 aliphatic carbocycles. The van der Waals surface area contributed by atoms with Crippen molar-refractivity contribution < 1.29 is 9.53 Å². The molecule has 0 saturated carbocycles. The minimum absolute atomic E-state index is 0.347. The Morgan fingerprint density at radius 1 is 0.950 bits per heavy atom. The lowest BCUT2D eigenvalue weighted by Crippen LogP contribution is -2.50. The molecule has 0 atom stereocenters. The quantitative estimate of drug-likeness (QED) is 0.717. The third-order valence-corrected chi connectivity index (χ3v) is 4.31. The predicted molar refractivity (Wildman–Crippen MR) is 79.8 cm³/mol. The van der Waals surface area contributed by atoms with Crippen molar-refractivity contribution in [3.63, 3.8) is 0 Å². The first-order chi connectivity index (χ1) is 9.79. The molecule has 0 unspecified atom stereocenters. The van der Waals surface area contributed by atoms with E-state index in [0.29, 0.717) is 5.91 Å². The van der Waals surface area contributed by atoms with E-state index < -0.39 is 0 Å². The van der Waals surface area contributed by atoms with Gasteiger partial charge >= 0.3 is 0 Å². The first-order valence-corrected chi connectivity index (χ1v) is 8.10. The fourth-order valence-electron chi connectivity index (χ4n) is 2.81. The molecule has 0 aromatic rings. The SMILES string of the molecule is CCCCC(=O)N1CCN(CCN2CCOCC2)CC1. The Balaban J connectivity index is 1.60. The number of rotatable bonds is 6. The van der Waals surface area contributed by atoms with Crippen molar-refractivity contribution in [2.45, 2.75) is 26.2 Å². The average molecular weight is 283 g/mol. The van der Waals surface area contributed by atoms with Crippen LogP contribution in [-0.4, -0.2) is 86.2 Å². The molecule has 0 aromatic heterocycles. The molecular weight excluding hydrogens is 254 g/mol. The predicted octanol–water partition coefficient (Wildman–Crippen LogP) is 0.653. The lowest BCUT2D eigenvalue weighted by molar-refractivity contribution is -0.133. The molecule has 0 spiro atoms. The monoisotopic (exact) mass is 283 g/mol. The van der Waals surface area contributed by atoms with Crippen LogP contribution >= 0.6 is 0 Å². The number of piperazine rings is 1. The van der Waals surface area contributed by atoms with Crippen LogP contribution in [-0.2, 0) is 9.53 Å². The molecule has 116 valence electrons. The van der Waals surface area contributed by atoms with E-state index in [2.05, 4.69) is 16.7 Å². The Labute approximate surface area is 122 Å². The van der Waals surface area contributed by atoms with Gasteiger partial charge < -0.3 is 9.64 Å². The molecule has 1 amide bonds. The molecule has 5 nitrogen and oxygen atoms in total. The van der Waals surface area contributed by atoms with Gasteiger partial charge in [-0.25, -0.2) is 0 Å². The smallest absolute Gasteiger partial charge is 0.222 e. The van der Waals surface area contributed by atoms with Crippen LogP contribution in [0.1, 0.15) is 26.2 Å². The van der Waals surface area contributed by atoms with Crippen LogP contribution in [0.15, 0.2) is 0 Å². The van der Waals surface area contributed by atoms with Gasteiger partial charge in [0, 0.05) is 58.8 Å². The van der Waals surface area contributed by atoms with Gasteiger partial charge in [-0.3, -0.25) is 14.6 Å². The average Bonchev–Trinajstić information content (AvgIpc) is 2.52. The van der Waals surface area contributed by atoms with Crippen molar-refractivity contribution in [3.05, 3.63) is 0 Å². The molecule has 2 heterocycles. The standard InChI is InChI=1S/C15H29N3O2/c1-2-3-4-15(19)18-9-7-16(8-10-18)5-6-17-11-13-20-14-12-17/h2-14H2,1H3. The number of hydrogen-bond acceptors (Lipinski definition) is 4. The number of hydrogen-bond donors (Lipinski definition) is 0. The summed E-state index contributed by atoms with van der Waals surface area (Å²) in [4.78, 5) is 19.0. The summed E-state index contributed by atoms with van der Waals surface area (Å²) in [6.45, 7) is 12.1. The maximum Gasteiger partial charge on any atom is 0.222 e. The van der Waals surface area contributed by atoms with Crippen molar-refractivity contribution in [2.24, 2.45) is 0 Å². The summed E-state index contributed by atoms with van der Waals surface area (Å²) in [7, 11) is 0. The normalized spacial score (nSPS) is 22.1. The number of morpholine rings is 1. The van der Waals surface area contributed by atoms with Gasteiger partial charge in [0.2, 0.25) is 5.91 Å². The summed E-state index contributed by atoms with van der Waals surface area (Å²) in [6.07, 6.45) is 2.85. The van der Waals surface area contributed by atoms with Crippen LogP contribution in [0.25, 0.3) is 0 Å². The van der Waals surface area contributed by atoms with Crippen molar-refractivity contribution in [2.75, 3.05) is 65.6 Å². The van der Waals surface area contributed by atoms with Gasteiger partial charge in [-0.15, -0.1) is 0 Å². The molecule has 2 saturated heterocycles. The van der Waals surface area contributed by atoms with Crippen LogP contribution in [0.4, 0.5) is 0 Å². The fraction of sp³-hybridized carbons (Fsp3) is 0.933. The number of unbranched alkanes of at least 4 members (excludes halogenated alkanes) is 1. The topological polar surface area (TPSA) is 36.0 Å². The van der Waals surface area contributed by atoms with Gasteiger partial charge in [0.05, 0.1) is 13.2 Å². The highest BCUT2D eigenvalue weighted by molar-refractivity contribution is 5.76. The summed E-state index contributed by atoms with van der Waals surface area (Å²) in [5.41, 5.74) is 0. The van der Waals surface area contributed by atoms with Crippen LogP contribution in [0.5, 0.6) is 0 Å². The second kappa shape index (κ2) is 8.60. The maximum atomic E-state index is 12.0. The van der Waals surface area contributed by atoms with E-state index in [4.69, 9.17) is 4.74 Å². The maximum absolute atomic E-state index is 12.0. The van der Waals surface area contributed by atoms with Crippen LogP contribution in [0.2, 0.25) is 0 Å². The third kappa shape index (κ3) is 5.04. The van der Waals surface area contributed by atoms with E-state index in [1.807, 2.05) is 4.90 Å². The Morgan fingerprint density at radius 3 is 2.15 bits per heavy atom. The molecule has 2 rings (SSSR count). The van der Waals surface area contributed by atoms with Crippen molar-refractivity contribution in [3.8, 4) is 0 Å². The van der Waals surface area contributed by atoms with Gasteiger partial charge in [0.15, 0.2) is 0 Å². The molecule has 5 heteroatoms. The molecule has 0 N–H and O–H groups in total. The Kier molecular flexibility index (Phi) is 6.76. The summed E-state index contributed by atoms with van der Waals surface area (Å²) in [5, 5.41) is 0. The lowest BCUT2D eigenvalue weighted by Gasteiger charge is -2.36. The number of carbonyl (C=O) groups is 1. The van der Waals surface area contributed by atoms with E-state index in [1.54, 1.807) is 0 Å². The van der Waals surface area contributed by atoms with Gasteiger partial charge in [-0.2, -0.15) is 0 Å². The number of ether oxygens (including phenoxy) is 1. The molecular formula is C15H29N3O2. The Bertz CT molecular complexity index is 285. The number of nitrogens with zero attached hydrogens (tertiary/aromatic N) is 3. The van der Waals surface area contributed by atoms with E-state index in [-0.39, 0.29) is 0 Å². The third-order valence-electron chi connectivity index (χ3n) is 4.31. The van der Waals surface area contributed by atoms with Crippen LogP contribution in [0, 0.1) is 0 Å². The number of carbonyl (C=O) groups excluding carboxylic acids is 1. The zero-order valence-corrected chi connectivity index (χ0v) is 12.9. The second-order valence-electron chi connectivity index (χ2n) is 5.78. The summed E-state index contributed by atoms with van der Waals surface area (Å²) >= 11 is 0. The minimum Gasteiger partial charge on any atom is -0.379 e. The van der Waals surface area contributed by atoms with E-state index in [9.17, 15) is 4.79 Å². The summed E-state index contributed by atoms with van der Waals surface area (Å²) in [5.74, 6) is 0.347. The molecule has 2 fully saturated rings. The molecule has 20 heavy (non-hydrogen) atoms. The second-order valence-corrected chi connectivity index (χ2v) is 5.78. The number of amides is 1. The van der Waals surface area contributed by atoms with Gasteiger partial charge in [-0.05, 0) is 6.42 Å². The zero-order valence-electron chi connectivity index (χ0n) is 12.9. The van der Waals surface area contributed by atoms with E-state index >= 15 is 0 Å². The van der Waals surface area contributed by atoms with Crippen molar-refractivity contribution in [1.82, 2.24) is 14.7 Å². The Morgan fingerprint density at radius 2 is 1.55 bits per heavy atom. The van der Waals surface area contributed by atoms with E-state index in [0.717, 1.165) is 84.8 Å². The molecule has 0 bridgehead atoms. The summed E-state index contributed by atoms with van der Waals surface area (Å²) in [6, 6.07) is 0. The van der Waals surface area contributed by atoms with Crippen molar-refractivity contribution >= 4 is 5.91 Å². The van der Waals surface area contributed by atoms with Gasteiger partial charge in [0.1, 0.15) is 0 Å². The lowest BCUT2D eigenvalue weighted by atomic mass is 10.2. The van der Waals surface area contributed by atoms with Crippen LogP contribution in [0.3, 0.4) is 0 Å². The largest absolute Gasteiger partial charge is 0.379 e. The zero-order chi connectivity index (χ0) is 14.2. The van der Waals surface area contributed by atoms with Crippen LogP contribution < -0.4 is 0 Å². The van der Waals surface area contributed by atoms with Gasteiger partial charge in [0.25, 0.3) is 0 Å². The highest BCUT2D eigenvalue weighted by Crippen LogP contribution is 2.07. The molecule has 0 aromatic carbocycles. The first kappa shape index (κ1) is 15.7.